The topological polar surface area (TPSA) is 66.6 Å². The molecular weight excluding hydrogens is 321 g/mol. The molecule has 1 aromatic rings. The second-order valence-corrected chi connectivity index (χ2v) is 7.01. The van der Waals surface area contributed by atoms with Crippen molar-refractivity contribution in [2.75, 3.05) is 32.7 Å². The molecule has 1 saturated heterocycles. The zero-order valence-corrected chi connectivity index (χ0v) is 14.5. The average Bonchev–Trinajstić information content (AvgIpc) is 2.97. The number of nitrogens with zero attached hydrogens (tertiary/aromatic N) is 2. The van der Waals surface area contributed by atoms with Crippen LogP contribution in [0.1, 0.15) is 36.0 Å². The van der Waals surface area contributed by atoms with Crippen molar-refractivity contribution in [1.82, 2.24) is 9.80 Å². The summed E-state index contributed by atoms with van der Waals surface area (Å²) in [4.78, 5) is 29.1. The third-order valence-corrected chi connectivity index (χ3v) is 5.46. The van der Waals surface area contributed by atoms with Crippen molar-refractivity contribution < 1.29 is 14.0 Å². The van der Waals surface area contributed by atoms with Gasteiger partial charge in [-0.15, -0.1) is 0 Å². The van der Waals surface area contributed by atoms with E-state index in [1.165, 1.54) is 24.3 Å². The Bertz CT molecular complexity index is 620. The summed E-state index contributed by atoms with van der Waals surface area (Å²) in [6.45, 7) is 2.94. The second kappa shape index (κ2) is 7.95. The van der Waals surface area contributed by atoms with Crippen LogP contribution in [-0.4, -0.2) is 54.3 Å². The van der Waals surface area contributed by atoms with Gasteiger partial charge in [-0.2, -0.15) is 0 Å². The molecule has 1 aliphatic heterocycles. The lowest BCUT2D eigenvalue weighted by atomic mass is 9.94. The number of nitrogens with two attached hydrogens (primary N) is 1. The van der Waals surface area contributed by atoms with Gasteiger partial charge < -0.3 is 15.5 Å². The van der Waals surface area contributed by atoms with E-state index in [0.29, 0.717) is 44.2 Å². The van der Waals surface area contributed by atoms with Crippen LogP contribution in [-0.2, 0) is 4.79 Å². The Hall–Kier alpha value is -1.95. The summed E-state index contributed by atoms with van der Waals surface area (Å²) in [5.41, 5.74) is 6.30. The molecule has 2 atom stereocenters. The fourth-order valence-corrected chi connectivity index (χ4v) is 3.99. The van der Waals surface area contributed by atoms with Crippen molar-refractivity contribution in [3.8, 4) is 0 Å². The Morgan fingerprint density at radius 3 is 2.40 bits per heavy atom. The minimum atomic E-state index is -0.352. The van der Waals surface area contributed by atoms with Gasteiger partial charge in [0, 0.05) is 37.7 Å². The van der Waals surface area contributed by atoms with Gasteiger partial charge in [-0.05, 0) is 56.0 Å². The first-order valence-electron chi connectivity index (χ1n) is 9.14. The van der Waals surface area contributed by atoms with E-state index in [2.05, 4.69) is 0 Å². The lowest BCUT2D eigenvalue weighted by Crippen LogP contribution is -2.41. The molecule has 2 amide bonds. The van der Waals surface area contributed by atoms with Crippen LogP contribution in [0.15, 0.2) is 24.3 Å². The third-order valence-electron chi connectivity index (χ3n) is 5.46. The summed E-state index contributed by atoms with van der Waals surface area (Å²) in [6.07, 6.45) is 3.80. The summed E-state index contributed by atoms with van der Waals surface area (Å²) >= 11 is 0. The van der Waals surface area contributed by atoms with E-state index in [-0.39, 0.29) is 23.5 Å². The average molecular weight is 347 g/mol. The number of benzene rings is 1. The van der Waals surface area contributed by atoms with Crippen LogP contribution < -0.4 is 5.73 Å². The van der Waals surface area contributed by atoms with Crippen molar-refractivity contribution in [2.45, 2.75) is 25.7 Å². The van der Waals surface area contributed by atoms with Crippen LogP contribution in [0.2, 0.25) is 0 Å². The van der Waals surface area contributed by atoms with Crippen LogP contribution >= 0.6 is 0 Å². The largest absolute Gasteiger partial charge is 0.341 e. The third kappa shape index (κ3) is 4.00. The van der Waals surface area contributed by atoms with Gasteiger partial charge in [0.2, 0.25) is 5.91 Å². The Kier molecular flexibility index (Phi) is 5.68. The van der Waals surface area contributed by atoms with E-state index in [9.17, 15) is 14.0 Å². The van der Waals surface area contributed by atoms with Gasteiger partial charge in [-0.3, -0.25) is 9.59 Å². The molecule has 2 N–H and O–H groups in total. The van der Waals surface area contributed by atoms with Crippen molar-refractivity contribution >= 4 is 11.8 Å². The van der Waals surface area contributed by atoms with E-state index in [0.717, 1.165) is 25.7 Å². The number of rotatable bonds is 3. The summed E-state index contributed by atoms with van der Waals surface area (Å²) in [7, 11) is 0. The number of hydrogen-bond acceptors (Lipinski definition) is 3. The Balaban J connectivity index is 1.61. The molecule has 6 heteroatoms. The van der Waals surface area contributed by atoms with Crippen LogP contribution in [0.4, 0.5) is 4.39 Å². The summed E-state index contributed by atoms with van der Waals surface area (Å²) in [5, 5.41) is 0. The van der Waals surface area contributed by atoms with Gasteiger partial charge in [-0.1, -0.05) is 6.42 Å². The van der Waals surface area contributed by atoms with Gasteiger partial charge in [0.25, 0.3) is 5.91 Å². The zero-order chi connectivity index (χ0) is 17.8. The zero-order valence-electron chi connectivity index (χ0n) is 14.5. The number of carbonyl (C=O) groups excluding carboxylic acids is 2. The second-order valence-electron chi connectivity index (χ2n) is 7.01. The quantitative estimate of drug-likeness (QED) is 0.908. The van der Waals surface area contributed by atoms with Crippen LogP contribution in [0.3, 0.4) is 0 Å². The minimum absolute atomic E-state index is 0.0457. The van der Waals surface area contributed by atoms with Crippen LogP contribution in [0, 0.1) is 17.7 Å². The van der Waals surface area contributed by atoms with Crippen molar-refractivity contribution in [3.05, 3.63) is 35.6 Å². The molecule has 1 aromatic carbocycles. The van der Waals surface area contributed by atoms with Crippen LogP contribution in [0.5, 0.6) is 0 Å². The number of halogens is 1. The van der Waals surface area contributed by atoms with E-state index >= 15 is 0 Å². The van der Waals surface area contributed by atoms with E-state index < -0.39 is 0 Å². The maximum Gasteiger partial charge on any atom is 0.253 e. The number of amides is 2. The van der Waals surface area contributed by atoms with E-state index in [1.54, 1.807) is 4.90 Å². The SMILES string of the molecule is NC[C@H]1CCC[C@H]1C(=O)N1CCCN(C(=O)c2ccc(F)cc2)CC1. The fraction of sp³-hybridized carbons (Fsp3) is 0.579. The maximum atomic E-state index is 13.0. The molecule has 0 unspecified atom stereocenters. The Morgan fingerprint density at radius 1 is 1.00 bits per heavy atom. The Morgan fingerprint density at radius 2 is 1.68 bits per heavy atom. The molecule has 1 saturated carbocycles. The molecule has 5 nitrogen and oxygen atoms in total. The van der Waals surface area contributed by atoms with Gasteiger partial charge in [0.1, 0.15) is 5.82 Å². The first kappa shape index (κ1) is 17.9. The summed E-state index contributed by atoms with van der Waals surface area (Å²) in [6, 6.07) is 5.62. The number of hydrogen-bond donors (Lipinski definition) is 1. The van der Waals surface area contributed by atoms with Crippen molar-refractivity contribution in [2.24, 2.45) is 17.6 Å². The predicted molar refractivity (Wildman–Crippen MR) is 93.4 cm³/mol. The highest BCUT2D eigenvalue weighted by Crippen LogP contribution is 2.32. The molecule has 3 rings (SSSR count). The van der Waals surface area contributed by atoms with Crippen LogP contribution in [0.25, 0.3) is 0 Å². The lowest BCUT2D eigenvalue weighted by Gasteiger charge is -2.27. The monoisotopic (exact) mass is 347 g/mol. The molecule has 0 spiro atoms. The molecule has 2 fully saturated rings. The molecule has 1 aliphatic carbocycles. The molecule has 0 aromatic heterocycles. The predicted octanol–water partition coefficient (Wildman–Crippen LogP) is 1.88. The van der Waals surface area contributed by atoms with Crippen molar-refractivity contribution in [3.63, 3.8) is 0 Å². The molecule has 25 heavy (non-hydrogen) atoms. The lowest BCUT2D eigenvalue weighted by molar-refractivity contribution is -0.136. The van der Waals surface area contributed by atoms with Crippen molar-refractivity contribution in [1.29, 1.82) is 0 Å². The highest BCUT2D eigenvalue weighted by atomic mass is 19.1. The molecule has 0 bridgehead atoms. The highest BCUT2D eigenvalue weighted by Gasteiger charge is 2.35. The van der Waals surface area contributed by atoms with Gasteiger partial charge in [0.05, 0.1) is 0 Å². The maximum absolute atomic E-state index is 13.0. The molecule has 136 valence electrons. The normalized spacial score (nSPS) is 24.2. The molecule has 2 aliphatic rings. The van der Waals surface area contributed by atoms with Gasteiger partial charge in [-0.25, -0.2) is 4.39 Å². The fourth-order valence-electron chi connectivity index (χ4n) is 3.99. The number of carbonyl (C=O) groups is 2. The molecule has 0 radical (unpaired) electrons. The Labute approximate surface area is 148 Å². The summed E-state index contributed by atoms with van der Waals surface area (Å²) < 4.78 is 13.0. The standard InChI is InChI=1S/C19H26FN3O2/c20-16-7-5-14(6-8-16)18(24)22-9-2-10-23(12-11-22)19(25)17-4-1-3-15(17)13-21/h5-8,15,17H,1-4,9-13,21H2/t15-,17-/m1/s1. The minimum Gasteiger partial charge on any atom is -0.341 e. The smallest absolute Gasteiger partial charge is 0.253 e. The summed E-state index contributed by atoms with van der Waals surface area (Å²) in [5.74, 6) is 0.0892. The highest BCUT2D eigenvalue weighted by molar-refractivity contribution is 5.94. The van der Waals surface area contributed by atoms with E-state index in [4.69, 9.17) is 5.73 Å². The van der Waals surface area contributed by atoms with E-state index in [1.807, 2.05) is 4.90 Å². The van der Waals surface area contributed by atoms with Gasteiger partial charge in [0.15, 0.2) is 0 Å². The first-order valence-corrected chi connectivity index (χ1v) is 9.14. The van der Waals surface area contributed by atoms with Gasteiger partial charge >= 0.3 is 0 Å². The molecular formula is C19H26FN3O2. The first-order chi connectivity index (χ1) is 12.1. The molecule has 1 heterocycles.